The Morgan fingerprint density at radius 2 is 1.71 bits per heavy atom. The molecule has 8 nitrogen and oxygen atoms in total. The number of carbonyl (C=O) groups is 1. The number of amides is 1. The molecule has 198 valence electrons. The van der Waals surface area contributed by atoms with E-state index in [9.17, 15) is 4.79 Å². The van der Waals surface area contributed by atoms with Crippen molar-refractivity contribution in [1.82, 2.24) is 20.3 Å². The number of nitrogens with zero attached hydrogens (tertiary/aromatic N) is 4. The van der Waals surface area contributed by atoms with E-state index >= 15 is 0 Å². The van der Waals surface area contributed by atoms with Crippen molar-refractivity contribution in [2.45, 2.75) is 27.7 Å². The van der Waals surface area contributed by atoms with E-state index in [0.29, 0.717) is 16.2 Å². The number of aromatic nitrogens is 3. The summed E-state index contributed by atoms with van der Waals surface area (Å²) in [5.41, 5.74) is 6.33. The quantitative estimate of drug-likeness (QED) is 0.251. The van der Waals surface area contributed by atoms with Crippen LogP contribution in [0.1, 0.15) is 35.3 Å². The van der Waals surface area contributed by atoms with Gasteiger partial charge in [0.2, 0.25) is 0 Å². The highest BCUT2D eigenvalue weighted by Gasteiger charge is 2.19. The van der Waals surface area contributed by atoms with Crippen LogP contribution in [-0.4, -0.2) is 46.2 Å². The number of methoxy groups -OCH3 is 1. The number of nitrogens with one attached hydrogen (secondary N) is 2. The van der Waals surface area contributed by atoms with E-state index in [-0.39, 0.29) is 21.4 Å². The van der Waals surface area contributed by atoms with Gasteiger partial charge in [-0.3, -0.25) is 10.1 Å². The van der Waals surface area contributed by atoms with Crippen molar-refractivity contribution in [1.29, 1.82) is 0 Å². The van der Waals surface area contributed by atoms with E-state index in [1.54, 1.807) is 4.80 Å². The molecule has 4 aromatic rings. The Morgan fingerprint density at radius 1 is 1.03 bits per heavy atom. The summed E-state index contributed by atoms with van der Waals surface area (Å²) in [5.74, 6) is -0.289. The van der Waals surface area contributed by atoms with E-state index in [1.165, 1.54) is 24.9 Å². The standard InChI is InChI=1S/C27H28Cl2N6O2S/c1-6-34(7-2)18-8-9-24(16(4)10-18)35-32-22-11-15(3)21(14-23(22)33-35)30-27(38)31-26(36)19-12-17(28)13-20(29)25(19)37-5/h8-14H,6-7H2,1-5H3,(H2,30,31,36,38). The van der Waals surface area contributed by atoms with Gasteiger partial charge in [-0.2, -0.15) is 4.80 Å². The predicted molar refractivity (Wildman–Crippen MR) is 159 cm³/mol. The Morgan fingerprint density at radius 3 is 2.34 bits per heavy atom. The second kappa shape index (κ2) is 11.6. The molecule has 0 aliphatic rings. The highest BCUT2D eigenvalue weighted by molar-refractivity contribution is 7.80. The van der Waals surface area contributed by atoms with Crippen LogP contribution in [0.2, 0.25) is 10.0 Å². The minimum atomic E-state index is -0.503. The second-order valence-corrected chi connectivity index (χ2v) is 9.92. The summed E-state index contributed by atoms with van der Waals surface area (Å²) in [4.78, 5) is 16.8. The fraction of sp³-hybridized carbons (Fsp3) is 0.259. The van der Waals surface area contributed by atoms with Crippen LogP contribution in [0.4, 0.5) is 11.4 Å². The Bertz CT molecular complexity index is 1530. The van der Waals surface area contributed by atoms with Crippen molar-refractivity contribution < 1.29 is 9.53 Å². The molecule has 1 aromatic heterocycles. The summed E-state index contributed by atoms with van der Waals surface area (Å²) in [6.45, 7) is 10.1. The number of hydrogen-bond donors (Lipinski definition) is 2. The summed E-state index contributed by atoms with van der Waals surface area (Å²) in [7, 11) is 1.43. The highest BCUT2D eigenvalue weighted by Crippen LogP contribution is 2.32. The monoisotopic (exact) mass is 570 g/mol. The molecule has 11 heteroatoms. The lowest BCUT2D eigenvalue weighted by atomic mass is 10.1. The number of rotatable bonds is 7. The van der Waals surface area contributed by atoms with Crippen molar-refractivity contribution >= 4 is 68.8 Å². The molecule has 0 unspecified atom stereocenters. The first-order chi connectivity index (χ1) is 18.1. The van der Waals surface area contributed by atoms with Gasteiger partial charge in [0.05, 0.1) is 23.4 Å². The summed E-state index contributed by atoms with van der Waals surface area (Å²) >= 11 is 17.6. The Balaban J connectivity index is 1.56. The van der Waals surface area contributed by atoms with Crippen molar-refractivity contribution in [2.24, 2.45) is 0 Å². The van der Waals surface area contributed by atoms with Crippen molar-refractivity contribution in [3.63, 3.8) is 0 Å². The lowest BCUT2D eigenvalue weighted by Crippen LogP contribution is -2.34. The van der Waals surface area contributed by atoms with Crippen LogP contribution < -0.4 is 20.3 Å². The van der Waals surface area contributed by atoms with Crippen LogP contribution in [0, 0.1) is 13.8 Å². The molecule has 3 aromatic carbocycles. The minimum Gasteiger partial charge on any atom is -0.494 e. The molecule has 0 aliphatic carbocycles. The van der Waals surface area contributed by atoms with Gasteiger partial charge in [-0.15, -0.1) is 10.2 Å². The molecule has 0 saturated heterocycles. The van der Waals surface area contributed by atoms with Gasteiger partial charge in [0.1, 0.15) is 16.8 Å². The lowest BCUT2D eigenvalue weighted by molar-refractivity contribution is 0.0974. The third kappa shape index (κ3) is 5.70. The van der Waals surface area contributed by atoms with Crippen molar-refractivity contribution in [3.8, 4) is 11.4 Å². The molecule has 1 amide bonds. The fourth-order valence-corrected chi connectivity index (χ4v) is 4.99. The first-order valence-electron chi connectivity index (χ1n) is 12.0. The summed E-state index contributed by atoms with van der Waals surface area (Å²) in [6.07, 6.45) is 0. The van der Waals surface area contributed by atoms with E-state index in [2.05, 4.69) is 53.5 Å². The molecule has 0 saturated carbocycles. The van der Waals surface area contributed by atoms with Gasteiger partial charge < -0.3 is 15.0 Å². The molecule has 0 aliphatic heterocycles. The number of ether oxygens (including phenoxy) is 1. The molecule has 0 bridgehead atoms. The van der Waals surface area contributed by atoms with Gasteiger partial charge in [-0.25, -0.2) is 0 Å². The first-order valence-corrected chi connectivity index (χ1v) is 13.2. The molecular weight excluding hydrogens is 543 g/mol. The first kappa shape index (κ1) is 27.6. The smallest absolute Gasteiger partial charge is 0.261 e. The molecule has 0 atom stereocenters. The molecule has 38 heavy (non-hydrogen) atoms. The summed E-state index contributed by atoms with van der Waals surface area (Å²) in [5, 5.41) is 15.7. The number of carbonyl (C=O) groups excluding carboxylic acids is 1. The van der Waals surface area contributed by atoms with Crippen molar-refractivity contribution in [2.75, 3.05) is 30.4 Å². The van der Waals surface area contributed by atoms with Crippen LogP contribution in [0.25, 0.3) is 16.7 Å². The van der Waals surface area contributed by atoms with E-state index in [0.717, 1.165) is 35.4 Å². The molecule has 0 radical (unpaired) electrons. The van der Waals surface area contributed by atoms with Gasteiger partial charge in [-0.05, 0) is 93.5 Å². The Labute approximate surface area is 236 Å². The zero-order valence-corrected chi connectivity index (χ0v) is 24.1. The molecule has 0 fully saturated rings. The SMILES string of the molecule is CCN(CC)c1ccc(-n2nc3cc(C)c(NC(=S)NC(=O)c4cc(Cl)cc(Cl)c4OC)cc3n2)c(C)c1. The van der Waals surface area contributed by atoms with E-state index < -0.39 is 5.91 Å². The molecule has 2 N–H and O–H groups in total. The highest BCUT2D eigenvalue weighted by atomic mass is 35.5. The van der Waals surface area contributed by atoms with Crippen molar-refractivity contribution in [3.05, 3.63) is 69.2 Å². The number of fused-ring (bicyclic) bond motifs is 1. The molecule has 4 rings (SSSR count). The molecule has 1 heterocycles. The number of benzene rings is 3. The average Bonchev–Trinajstić information content (AvgIpc) is 3.26. The lowest BCUT2D eigenvalue weighted by Gasteiger charge is -2.22. The van der Waals surface area contributed by atoms with Crippen LogP contribution in [0.15, 0.2) is 42.5 Å². The number of hydrogen-bond acceptors (Lipinski definition) is 6. The summed E-state index contributed by atoms with van der Waals surface area (Å²) in [6, 6.07) is 13.0. The maximum atomic E-state index is 12.9. The number of anilines is 2. The zero-order valence-electron chi connectivity index (χ0n) is 21.7. The fourth-order valence-electron chi connectivity index (χ4n) is 4.22. The topological polar surface area (TPSA) is 84.3 Å². The van der Waals surface area contributed by atoms with Crippen LogP contribution >= 0.6 is 35.4 Å². The normalized spacial score (nSPS) is 10.9. The number of aryl methyl sites for hydroxylation is 2. The van der Waals surface area contributed by atoms with Gasteiger partial charge in [0.15, 0.2) is 5.11 Å². The third-order valence-corrected chi connectivity index (χ3v) is 6.89. The van der Waals surface area contributed by atoms with Gasteiger partial charge >= 0.3 is 0 Å². The maximum Gasteiger partial charge on any atom is 0.261 e. The number of thiocarbonyl (C=S) groups is 1. The average molecular weight is 572 g/mol. The van der Waals surface area contributed by atoms with Gasteiger partial charge in [0.25, 0.3) is 5.91 Å². The Kier molecular flexibility index (Phi) is 8.40. The van der Waals surface area contributed by atoms with Crippen LogP contribution in [0.3, 0.4) is 0 Å². The number of halogens is 2. The van der Waals surface area contributed by atoms with Gasteiger partial charge in [0, 0.05) is 29.5 Å². The second-order valence-electron chi connectivity index (χ2n) is 8.67. The maximum absolute atomic E-state index is 12.9. The van der Waals surface area contributed by atoms with Crippen LogP contribution in [0.5, 0.6) is 5.75 Å². The Hall–Kier alpha value is -3.40. The third-order valence-electron chi connectivity index (χ3n) is 6.18. The van der Waals surface area contributed by atoms with Gasteiger partial charge in [-0.1, -0.05) is 23.2 Å². The minimum absolute atomic E-state index is 0.103. The molecule has 0 spiro atoms. The molecular formula is C27H28Cl2N6O2S. The summed E-state index contributed by atoms with van der Waals surface area (Å²) < 4.78 is 5.26. The predicted octanol–water partition coefficient (Wildman–Crippen LogP) is 6.33. The van der Waals surface area contributed by atoms with Crippen LogP contribution in [-0.2, 0) is 0 Å². The zero-order chi connectivity index (χ0) is 27.6. The largest absolute Gasteiger partial charge is 0.494 e. The van der Waals surface area contributed by atoms with E-state index in [4.69, 9.17) is 45.3 Å². The van der Waals surface area contributed by atoms with E-state index in [1.807, 2.05) is 25.1 Å².